The average molecular weight is 444 g/mol. The third kappa shape index (κ3) is 5.31. The molecule has 1 saturated carbocycles. The first-order valence-electron chi connectivity index (χ1n) is 10.4. The fourth-order valence-corrected chi connectivity index (χ4v) is 3.72. The number of aliphatic hydroxyl groups is 1. The van der Waals surface area contributed by atoms with E-state index in [-0.39, 0.29) is 24.4 Å². The van der Waals surface area contributed by atoms with Crippen molar-refractivity contribution < 1.29 is 18.3 Å². The molecule has 0 atom stereocenters. The molecule has 4 rings (SSSR count). The summed E-state index contributed by atoms with van der Waals surface area (Å²) in [5.74, 6) is -0.191. The molecule has 1 aromatic carbocycles. The SMILES string of the molecule is O[C@H]1CC[C@@H](Nc2nc(NCc3cncnc3-c3ccccc3)ncc2C(F)(F)F)CC1. The topological polar surface area (TPSA) is 95.8 Å². The first kappa shape index (κ1) is 21.9. The van der Waals surface area contributed by atoms with Gasteiger partial charge in [-0.2, -0.15) is 18.2 Å². The Morgan fingerprint density at radius 1 is 1.00 bits per heavy atom. The first-order chi connectivity index (χ1) is 15.4. The fraction of sp³-hybridized carbons (Fsp3) is 0.364. The lowest BCUT2D eigenvalue weighted by molar-refractivity contribution is -0.137. The van der Waals surface area contributed by atoms with Crippen molar-refractivity contribution in [3.63, 3.8) is 0 Å². The van der Waals surface area contributed by atoms with E-state index in [0.29, 0.717) is 25.7 Å². The Kier molecular flexibility index (Phi) is 6.50. The van der Waals surface area contributed by atoms with Gasteiger partial charge in [0.15, 0.2) is 0 Å². The molecule has 168 valence electrons. The summed E-state index contributed by atoms with van der Waals surface area (Å²) in [6, 6.07) is 9.36. The van der Waals surface area contributed by atoms with Gasteiger partial charge in [0.1, 0.15) is 17.7 Å². The number of hydrogen-bond acceptors (Lipinski definition) is 7. The lowest BCUT2D eigenvalue weighted by Crippen LogP contribution is -2.30. The summed E-state index contributed by atoms with van der Waals surface area (Å²) in [5, 5.41) is 15.5. The summed E-state index contributed by atoms with van der Waals surface area (Å²) in [5.41, 5.74) is 1.47. The van der Waals surface area contributed by atoms with E-state index in [1.807, 2.05) is 30.3 Å². The molecular formula is C22H23F3N6O. The van der Waals surface area contributed by atoms with Crippen molar-refractivity contribution in [2.45, 2.75) is 50.6 Å². The molecule has 0 aliphatic heterocycles. The highest BCUT2D eigenvalue weighted by atomic mass is 19.4. The van der Waals surface area contributed by atoms with Crippen molar-refractivity contribution in [1.82, 2.24) is 19.9 Å². The van der Waals surface area contributed by atoms with E-state index in [4.69, 9.17) is 0 Å². The monoisotopic (exact) mass is 444 g/mol. The second kappa shape index (κ2) is 9.47. The highest BCUT2D eigenvalue weighted by Gasteiger charge is 2.36. The molecule has 0 bridgehead atoms. The smallest absolute Gasteiger partial charge is 0.393 e. The van der Waals surface area contributed by atoms with Gasteiger partial charge in [0.25, 0.3) is 0 Å². The van der Waals surface area contributed by atoms with Gasteiger partial charge in [0.05, 0.1) is 11.8 Å². The zero-order chi connectivity index (χ0) is 22.6. The third-order valence-electron chi connectivity index (χ3n) is 5.40. The molecule has 2 heterocycles. The number of hydrogen-bond donors (Lipinski definition) is 3. The lowest BCUT2D eigenvalue weighted by Gasteiger charge is -2.27. The number of anilines is 2. The molecule has 0 radical (unpaired) electrons. The highest BCUT2D eigenvalue weighted by Crippen LogP contribution is 2.35. The maximum Gasteiger partial charge on any atom is 0.421 e. The van der Waals surface area contributed by atoms with Crippen molar-refractivity contribution in [3.8, 4) is 11.3 Å². The van der Waals surface area contributed by atoms with Gasteiger partial charge >= 0.3 is 6.18 Å². The second-order valence-electron chi connectivity index (χ2n) is 7.72. The van der Waals surface area contributed by atoms with Gasteiger partial charge in [-0.1, -0.05) is 30.3 Å². The zero-order valence-electron chi connectivity index (χ0n) is 17.2. The standard InChI is InChI=1S/C22H23F3N6O/c23-22(24,25)18-12-28-21(31-20(18)30-16-6-8-17(32)9-7-16)27-11-15-10-26-13-29-19(15)14-4-2-1-3-5-14/h1-5,10,12-13,16-17,32H,6-9,11H2,(H2,27,28,30,31)/t16-,17+. The van der Waals surface area contributed by atoms with Crippen LogP contribution in [0.25, 0.3) is 11.3 Å². The third-order valence-corrected chi connectivity index (χ3v) is 5.40. The molecule has 3 N–H and O–H groups in total. The van der Waals surface area contributed by atoms with E-state index in [2.05, 4.69) is 30.6 Å². The van der Waals surface area contributed by atoms with E-state index in [1.165, 1.54) is 6.33 Å². The van der Waals surface area contributed by atoms with Crippen LogP contribution in [0.2, 0.25) is 0 Å². The number of alkyl halides is 3. The molecule has 32 heavy (non-hydrogen) atoms. The Balaban J connectivity index is 1.54. The summed E-state index contributed by atoms with van der Waals surface area (Å²) in [7, 11) is 0. The predicted molar refractivity (Wildman–Crippen MR) is 114 cm³/mol. The normalized spacial score (nSPS) is 18.9. The van der Waals surface area contributed by atoms with Crippen LogP contribution in [-0.4, -0.2) is 37.2 Å². The van der Waals surface area contributed by atoms with Crippen molar-refractivity contribution in [2.75, 3.05) is 10.6 Å². The Bertz CT molecular complexity index is 1040. The van der Waals surface area contributed by atoms with Crippen molar-refractivity contribution in [3.05, 3.63) is 60.2 Å². The number of rotatable bonds is 6. The fourth-order valence-electron chi connectivity index (χ4n) is 3.72. The summed E-state index contributed by atoms with van der Waals surface area (Å²) < 4.78 is 40.5. The van der Waals surface area contributed by atoms with Gasteiger partial charge in [-0.25, -0.2) is 15.0 Å². The maximum absolute atomic E-state index is 13.5. The maximum atomic E-state index is 13.5. The van der Waals surface area contributed by atoms with Crippen LogP contribution in [-0.2, 0) is 12.7 Å². The molecule has 3 aromatic rings. The minimum atomic E-state index is -4.58. The van der Waals surface area contributed by atoms with E-state index in [1.54, 1.807) is 6.20 Å². The molecule has 0 amide bonds. The average Bonchev–Trinajstić information content (AvgIpc) is 2.79. The molecular weight excluding hydrogens is 421 g/mol. The quantitative estimate of drug-likeness (QED) is 0.522. The van der Waals surface area contributed by atoms with Crippen LogP contribution >= 0.6 is 0 Å². The summed E-state index contributed by atoms with van der Waals surface area (Å²) in [4.78, 5) is 16.4. The van der Waals surface area contributed by atoms with Crippen LogP contribution in [0.1, 0.15) is 36.8 Å². The lowest BCUT2D eigenvalue weighted by atomic mass is 9.93. The molecule has 1 aliphatic carbocycles. The molecule has 0 saturated heterocycles. The zero-order valence-corrected chi connectivity index (χ0v) is 17.2. The van der Waals surface area contributed by atoms with Crippen LogP contribution in [0.5, 0.6) is 0 Å². The van der Waals surface area contributed by atoms with Crippen molar-refractivity contribution in [2.24, 2.45) is 0 Å². The number of nitrogens with one attached hydrogen (secondary N) is 2. The van der Waals surface area contributed by atoms with Gasteiger partial charge in [-0.3, -0.25) is 0 Å². The van der Waals surface area contributed by atoms with Gasteiger partial charge in [0, 0.05) is 36.1 Å². The Morgan fingerprint density at radius 3 is 2.47 bits per heavy atom. The van der Waals surface area contributed by atoms with Crippen molar-refractivity contribution in [1.29, 1.82) is 0 Å². The largest absolute Gasteiger partial charge is 0.421 e. The molecule has 0 spiro atoms. The van der Waals surface area contributed by atoms with Crippen LogP contribution in [0, 0.1) is 0 Å². The number of aliphatic hydroxyl groups excluding tert-OH is 1. The van der Waals surface area contributed by atoms with Crippen LogP contribution < -0.4 is 10.6 Å². The molecule has 1 fully saturated rings. The van der Waals surface area contributed by atoms with Gasteiger partial charge < -0.3 is 15.7 Å². The summed E-state index contributed by atoms with van der Waals surface area (Å²) >= 11 is 0. The number of halogens is 3. The van der Waals surface area contributed by atoms with Crippen LogP contribution in [0.3, 0.4) is 0 Å². The Hall–Kier alpha value is -3.27. The predicted octanol–water partition coefficient (Wildman–Crippen LogP) is 4.28. The minimum Gasteiger partial charge on any atom is -0.393 e. The van der Waals surface area contributed by atoms with E-state index >= 15 is 0 Å². The molecule has 10 heteroatoms. The molecule has 7 nitrogen and oxygen atoms in total. The number of aromatic nitrogens is 4. The molecule has 0 unspecified atom stereocenters. The van der Waals surface area contributed by atoms with E-state index in [9.17, 15) is 18.3 Å². The first-order valence-corrected chi connectivity index (χ1v) is 10.4. The van der Waals surface area contributed by atoms with Crippen LogP contribution in [0.4, 0.5) is 24.9 Å². The van der Waals surface area contributed by atoms with Gasteiger partial charge in [-0.15, -0.1) is 0 Å². The second-order valence-corrected chi connectivity index (χ2v) is 7.72. The van der Waals surface area contributed by atoms with Crippen LogP contribution in [0.15, 0.2) is 49.1 Å². The number of nitrogens with zero attached hydrogens (tertiary/aromatic N) is 4. The Labute approximate surface area is 183 Å². The van der Waals surface area contributed by atoms with E-state index < -0.39 is 17.8 Å². The Morgan fingerprint density at radius 2 is 1.75 bits per heavy atom. The summed E-state index contributed by atoms with van der Waals surface area (Å²) in [6.45, 7) is 0.242. The minimum absolute atomic E-state index is 0.0687. The molecule has 2 aromatic heterocycles. The van der Waals surface area contributed by atoms with Gasteiger partial charge in [0.2, 0.25) is 5.95 Å². The van der Waals surface area contributed by atoms with E-state index in [0.717, 1.165) is 23.0 Å². The summed E-state index contributed by atoms with van der Waals surface area (Å²) in [6.07, 6.45) is 1.15. The van der Waals surface area contributed by atoms with Crippen molar-refractivity contribution >= 4 is 11.8 Å². The highest BCUT2D eigenvalue weighted by molar-refractivity contribution is 5.62. The number of benzene rings is 1. The van der Waals surface area contributed by atoms with Gasteiger partial charge in [-0.05, 0) is 25.7 Å². The molecule has 1 aliphatic rings.